The first-order valence-corrected chi connectivity index (χ1v) is 9.38. The summed E-state index contributed by atoms with van der Waals surface area (Å²) in [5.41, 5.74) is 7.17. The van der Waals surface area contributed by atoms with Crippen molar-refractivity contribution in [3.63, 3.8) is 0 Å². The van der Waals surface area contributed by atoms with Gasteiger partial charge in [-0.3, -0.25) is 0 Å². The van der Waals surface area contributed by atoms with Crippen LogP contribution in [-0.2, 0) is 0 Å². The maximum Gasteiger partial charge on any atom is 0.119 e. The molecule has 0 aromatic heterocycles. The average molecular weight is 316 g/mol. The van der Waals surface area contributed by atoms with Gasteiger partial charge in [-0.15, -0.1) is 0 Å². The number of hydrogen-bond donors (Lipinski definition) is 2. The van der Waals surface area contributed by atoms with Crippen LogP contribution in [0.1, 0.15) is 52.4 Å². The van der Waals surface area contributed by atoms with Crippen molar-refractivity contribution >= 4 is 5.69 Å². The normalized spacial score (nSPS) is 34.3. The minimum absolute atomic E-state index is 0.384. The van der Waals surface area contributed by atoms with Crippen LogP contribution in [0.5, 0.6) is 5.75 Å². The van der Waals surface area contributed by atoms with Gasteiger partial charge in [0, 0.05) is 18.3 Å². The van der Waals surface area contributed by atoms with Gasteiger partial charge in [-0.05, 0) is 80.5 Å². The summed E-state index contributed by atoms with van der Waals surface area (Å²) in [6, 6.07) is 8.94. The summed E-state index contributed by atoms with van der Waals surface area (Å²) in [6.45, 7) is 5.71. The van der Waals surface area contributed by atoms with Crippen LogP contribution in [0.25, 0.3) is 0 Å². The first-order valence-electron chi connectivity index (χ1n) is 9.38. The number of rotatable bonds is 5. The molecule has 0 radical (unpaired) electrons. The number of nitrogens with two attached hydrogens (primary N) is 1. The molecule has 2 saturated carbocycles. The molecule has 3 N–H and O–H groups in total. The molecule has 3 nitrogen and oxygen atoms in total. The van der Waals surface area contributed by atoms with Gasteiger partial charge in [0.05, 0.1) is 0 Å². The summed E-state index contributed by atoms with van der Waals surface area (Å²) in [4.78, 5) is 0. The van der Waals surface area contributed by atoms with Crippen molar-refractivity contribution in [2.45, 2.75) is 64.5 Å². The zero-order valence-electron chi connectivity index (χ0n) is 14.6. The summed E-state index contributed by atoms with van der Waals surface area (Å²) in [7, 11) is 0. The molecule has 0 spiro atoms. The first-order chi connectivity index (χ1) is 11.1. The Bertz CT molecular complexity index is 479. The van der Waals surface area contributed by atoms with E-state index in [9.17, 15) is 0 Å². The lowest BCUT2D eigenvalue weighted by Gasteiger charge is -2.26. The van der Waals surface area contributed by atoms with Crippen LogP contribution >= 0.6 is 0 Å². The fourth-order valence-corrected chi connectivity index (χ4v) is 3.97. The van der Waals surface area contributed by atoms with Crippen molar-refractivity contribution < 1.29 is 4.74 Å². The fraction of sp³-hybridized carbons (Fsp3) is 0.700. The second kappa shape index (κ2) is 7.57. The molecule has 3 heteroatoms. The van der Waals surface area contributed by atoms with Crippen LogP contribution in [0, 0.1) is 17.8 Å². The number of hydrogen-bond acceptors (Lipinski definition) is 3. The van der Waals surface area contributed by atoms with Gasteiger partial charge in [0.1, 0.15) is 11.9 Å². The van der Waals surface area contributed by atoms with E-state index in [0.29, 0.717) is 18.1 Å². The molecule has 2 aliphatic rings. The smallest absolute Gasteiger partial charge is 0.119 e. The summed E-state index contributed by atoms with van der Waals surface area (Å²) in [5, 5.41) is 3.57. The molecular weight excluding hydrogens is 284 g/mol. The Kier molecular flexibility index (Phi) is 5.47. The Morgan fingerprint density at radius 2 is 1.70 bits per heavy atom. The lowest BCUT2D eigenvalue weighted by Crippen LogP contribution is -2.29. The van der Waals surface area contributed by atoms with Crippen LogP contribution in [0.4, 0.5) is 5.69 Å². The third-order valence-electron chi connectivity index (χ3n) is 6.02. The van der Waals surface area contributed by atoms with Crippen LogP contribution in [0.3, 0.4) is 0 Å². The third-order valence-corrected chi connectivity index (χ3v) is 6.02. The van der Waals surface area contributed by atoms with Gasteiger partial charge >= 0.3 is 0 Å². The Hall–Kier alpha value is -1.22. The lowest BCUT2D eigenvalue weighted by atomic mass is 9.86. The van der Waals surface area contributed by atoms with Gasteiger partial charge in [0.15, 0.2) is 0 Å². The van der Waals surface area contributed by atoms with E-state index in [2.05, 4.69) is 43.4 Å². The van der Waals surface area contributed by atoms with E-state index in [1.165, 1.54) is 44.2 Å². The van der Waals surface area contributed by atoms with Crippen LogP contribution in [-0.4, -0.2) is 18.7 Å². The van der Waals surface area contributed by atoms with E-state index in [4.69, 9.17) is 10.5 Å². The highest BCUT2D eigenvalue weighted by Crippen LogP contribution is 2.34. The average Bonchev–Trinajstić information content (AvgIpc) is 2.88. The minimum atomic E-state index is 0.384. The Labute approximate surface area is 141 Å². The maximum absolute atomic E-state index is 6.18. The molecule has 2 fully saturated rings. The number of ether oxygens (including phenoxy) is 1. The van der Waals surface area contributed by atoms with Gasteiger partial charge in [0.2, 0.25) is 0 Å². The van der Waals surface area contributed by atoms with Crippen molar-refractivity contribution in [1.82, 2.24) is 0 Å². The molecule has 0 aliphatic heterocycles. The molecule has 0 bridgehead atoms. The van der Waals surface area contributed by atoms with Gasteiger partial charge in [0.25, 0.3) is 0 Å². The summed E-state index contributed by atoms with van der Waals surface area (Å²) in [5.74, 6) is 3.21. The minimum Gasteiger partial charge on any atom is -0.490 e. The van der Waals surface area contributed by atoms with E-state index in [1.54, 1.807) is 0 Å². The zero-order chi connectivity index (χ0) is 16.2. The number of anilines is 1. The van der Waals surface area contributed by atoms with Crippen molar-refractivity contribution in [3.05, 3.63) is 24.3 Å². The Morgan fingerprint density at radius 1 is 1.00 bits per heavy atom. The molecule has 0 heterocycles. The topological polar surface area (TPSA) is 47.3 Å². The molecule has 0 saturated heterocycles. The summed E-state index contributed by atoms with van der Waals surface area (Å²) >= 11 is 0. The summed E-state index contributed by atoms with van der Waals surface area (Å²) < 4.78 is 6.18. The predicted molar refractivity (Wildman–Crippen MR) is 96.8 cm³/mol. The van der Waals surface area contributed by atoms with Gasteiger partial charge in [-0.2, -0.15) is 0 Å². The van der Waals surface area contributed by atoms with Crippen LogP contribution in [0.2, 0.25) is 0 Å². The number of nitrogens with one attached hydrogen (secondary N) is 1. The van der Waals surface area contributed by atoms with Crippen molar-refractivity contribution in [2.75, 3.05) is 11.9 Å². The quantitative estimate of drug-likeness (QED) is 0.845. The van der Waals surface area contributed by atoms with Crippen LogP contribution in [0.15, 0.2) is 24.3 Å². The highest BCUT2D eigenvalue weighted by Gasteiger charge is 2.31. The van der Waals surface area contributed by atoms with Crippen LogP contribution < -0.4 is 15.8 Å². The monoisotopic (exact) mass is 316 g/mol. The molecule has 0 amide bonds. The standard InChI is InChI=1S/C20H32N2O/c1-14-3-12-20(15(14)2)23-19-10-8-18(9-11-19)22-13-16-4-6-17(21)7-5-16/h8-11,14-17,20,22H,3-7,12-13,21H2,1-2H3. The van der Waals surface area contributed by atoms with E-state index < -0.39 is 0 Å². The van der Waals surface area contributed by atoms with E-state index in [-0.39, 0.29) is 0 Å². The van der Waals surface area contributed by atoms with Crippen molar-refractivity contribution in [3.8, 4) is 5.75 Å². The number of benzene rings is 1. The molecule has 1 aromatic rings. The SMILES string of the molecule is CC1CCC(Oc2ccc(NCC3CCC(N)CC3)cc2)C1C. The predicted octanol–water partition coefficient (Wildman–Crippen LogP) is 4.43. The van der Waals surface area contributed by atoms with Gasteiger partial charge < -0.3 is 15.8 Å². The zero-order valence-corrected chi connectivity index (χ0v) is 14.6. The second-order valence-corrected chi connectivity index (χ2v) is 7.76. The second-order valence-electron chi connectivity index (χ2n) is 7.76. The summed E-state index contributed by atoms with van der Waals surface area (Å²) in [6.07, 6.45) is 7.73. The molecule has 2 aliphatic carbocycles. The van der Waals surface area contributed by atoms with Gasteiger partial charge in [-0.1, -0.05) is 13.8 Å². The van der Waals surface area contributed by atoms with Gasteiger partial charge in [-0.25, -0.2) is 0 Å². The molecular formula is C20H32N2O. The molecule has 3 rings (SSSR count). The van der Waals surface area contributed by atoms with E-state index in [1.807, 2.05) is 0 Å². The van der Waals surface area contributed by atoms with E-state index >= 15 is 0 Å². The molecule has 3 unspecified atom stereocenters. The molecule has 3 atom stereocenters. The highest BCUT2D eigenvalue weighted by atomic mass is 16.5. The fourth-order valence-electron chi connectivity index (χ4n) is 3.97. The maximum atomic E-state index is 6.18. The highest BCUT2D eigenvalue weighted by molar-refractivity contribution is 5.46. The Balaban J connectivity index is 1.45. The molecule has 23 heavy (non-hydrogen) atoms. The van der Waals surface area contributed by atoms with Crippen molar-refractivity contribution in [1.29, 1.82) is 0 Å². The first kappa shape index (κ1) is 16.6. The van der Waals surface area contributed by atoms with E-state index in [0.717, 1.165) is 24.1 Å². The third kappa shape index (κ3) is 4.41. The van der Waals surface area contributed by atoms with Crippen molar-refractivity contribution in [2.24, 2.45) is 23.5 Å². The molecule has 128 valence electrons. The Morgan fingerprint density at radius 3 is 2.30 bits per heavy atom. The largest absolute Gasteiger partial charge is 0.490 e. The molecule has 1 aromatic carbocycles. The lowest BCUT2D eigenvalue weighted by molar-refractivity contribution is 0.155.